The molecular weight excluding hydrogens is 356 g/mol. The quantitative estimate of drug-likeness (QED) is 0.784. The summed E-state index contributed by atoms with van der Waals surface area (Å²) < 4.78 is 5.18. The van der Waals surface area contributed by atoms with Gasteiger partial charge >= 0.3 is 5.97 Å². The first-order chi connectivity index (χ1) is 12.1. The average molecular weight is 383 g/mol. The van der Waals surface area contributed by atoms with Gasteiger partial charge in [0.05, 0.1) is 19.6 Å². The molecule has 1 saturated carbocycles. The molecule has 1 heterocycles. The summed E-state index contributed by atoms with van der Waals surface area (Å²) in [6.45, 7) is 2.38. The van der Waals surface area contributed by atoms with Crippen LogP contribution in [0.5, 0.6) is 5.75 Å². The molecule has 1 aromatic rings. The Bertz CT molecular complexity index is 610. The Morgan fingerprint density at radius 3 is 2.27 bits per heavy atom. The van der Waals surface area contributed by atoms with Crippen LogP contribution in [-0.2, 0) is 16.1 Å². The van der Waals surface area contributed by atoms with Gasteiger partial charge in [0.25, 0.3) is 0 Å². The second-order valence-electron chi connectivity index (χ2n) is 6.99. The molecule has 144 valence electrons. The summed E-state index contributed by atoms with van der Waals surface area (Å²) in [5.41, 5.74) is 1.10. The third-order valence-electron chi connectivity index (χ3n) is 5.12. The maximum atomic E-state index is 12.8. The number of carboxylic acid groups (broad SMARTS) is 1. The second-order valence-corrected chi connectivity index (χ2v) is 6.99. The number of carbonyl (C=O) groups is 2. The van der Waals surface area contributed by atoms with Crippen molar-refractivity contribution >= 4 is 24.3 Å². The van der Waals surface area contributed by atoms with Gasteiger partial charge in [-0.2, -0.15) is 0 Å². The largest absolute Gasteiger partial charge is 0.497 e. The van der Waals surface area contributed by atoms with Crippen molar-refractivity contribution in [1.82, 2.24) is 9.80 Å². The number of carboxylic acids is 1. The van der Waals surface area contributed by atoms with Crippen LogP contribution in [0.4, 0.5) is 0 Å². The van der Waals surface area contributed by atoms with E-state index in [2.05, 4.69) is 4.90 Å². The molecule has 1 N–H and O–H groups in total. The van der Waals surface area contributed by atoms with Crippen LogP contribution in [0.15, 0.2) is 24.3 Å². The number of piperidine rings is 1. The third kappa shape index (κ3) is 5.35. The van der Waals surface area contributed by atoms with Gasteiger partial charge < -0.3 is 14.7 Å². The number of ether oxygens (including phenoxy) is 1. The molecule has 1 aliphatic heterocycles. The van der Waals surface area contributed by atoms with E-state index in [1.165, 1.54) is 0 Å². The number of halogens is 1. The fraction of sp³-hybridized carbons (Fsp3) is 0.579. The second kappa shape index (κ2) is 9.24. The molecule has 1 aliphatic carbocycles. The average Bonchev–Trinajstić information content (AvgIpc) is 3.45. The molecule has 7 heteroatoms. The normalized spacial score (nSPS) is 18.0. The van der Waals surface area contributed by atoms with Crippen LogP contribution in [0, 0.1) is 5.92 Å². The fourth-order valence-electron chi connectivity index (χ4n) is 3.35. The van der Waals surface area contributed by atoms with E-state index in [9.17, 15) is 9.59 Å². The highest BCUT2D eigenvalue weighted by atomic mass is 35.5. The van der Waals surface area contributed by atoms with Crippen LogP contribution in [-0.4, -0.2) is 59.6 Å². The van der Waals surface area contributed by atoms with E-state index in [0.717, 1.165) is 24.2 Å². The number of amides is 1. The highest BCUT2D eigenvalue weighted by Crippen LogP contribution is 2.29. The number of rotatable bonds is 7. The highest BCUT2D eigenvalue weighted by Gasteiger charge is 2.34. The summed E-state index contributed by atoms with van der Waals surface area (Å²) in [4.78, 5) is 27.9. The topological polar surface area (TPSA) is 70.1 Å². The Balaban J connectivity index is 0.00000243. The van der Waals surface area contributed by atoms with E-state index in [1.54, 1.807) is 7.11 Å². The summed E-state index contributed by atoms with van der Waals surface area (Å²) >= 11 is 0. The number of methoxy groups -OCH3 is 1. The van der Waals surface area contributed by atoms with Crippen molar-refractivity contribution in [2.75, 3.05) is 26.7 Å². The minimum absolute atomic E-state index is 0. The first-order valence-corrected chi connectivity index (χ1v) is 8.94. The minimum Gasteiger partial charge on any atom is -0.497 e. The van der Waals surface area contributed by atoms with Crippen molar-refractivity contribution in [3.8, 4) is 5.75 Å². The molecule has 1 saturated heterocycles. The van der Waals surface area contributed by atoms with Crippen LogP contribution in [0.2, 0.25) is 0 Å². The molecule has 0 radical (unpaired) electrons. The molecule has 0 aromatic heterocycles. The summed E-state index contributed by atoms with van der Waals surface area (Å²) in [6.07, 6.45) is 3.40. The maximum Gasteiger partial charge on any atom is 0.306 e. The van der Waals surface area contributed by atoms with Gasteiger partial charge in [-0.15, -0.1) is 12.4 Å². The van der Waals surface area contributed by atoms with E-state index in [0.29, 0.717) is 45.1 Å². The van der Waals surface area contributed by atoms with Gasteiger partial charge in [0.2, 0.25) is 5.91 Å². The van der Waals surface area contributed by atoms with Gasteiger partial charge in [-0.25, -0.2) is 0 Å². The molecule has 6 nitrogen and oxygen atoms in total. The van der Waals surface area contributed by atoms with Crippen molar-refractivity contribution in [1.29, 1.82) is 0 Å². The van der Waals surface area contributed by atoms with Gasteiger partial charge in [0.1, 0.15) is 5.75 Å². The number of likely N-dealkylation sites (tertiary alicyclic amines) is 1. The number of aliphatic carboxylic acids is 1. The number of hydrogen-bond acceptors (Lipinski definition) is 4. The van der Waals surface area contributed by atoms with Gasteiger partial charge in [0.15, 0.2) is 0 Å². The molecule has 2 fully saturated rings. The van der Waals surface area contributed by atoms with Gasteiger partial charge in [0, 0.05) is 12.6 Å². The van der Waals surface area contributed by atoms with Crippen LogP contribution >= 0.6 is 12.4 Å². The van der Waals surface area contributed by atoms with Gasteiger partial charge in [-0.1, -0.05) is 12.1 Å². The lowest BCUT2D eigenvalue weighted by Crippen LogP contribution is -2.44. The zero-order chi connectivity index (χ0) is 17.8. The zero-order valence-electron chi connectivity index (χ0n) is 15.1. The zero-order valence-corrected chi connectivity index (χ0v) is 15.9. The van der Waals surface area contributed by atoms with Crippen molar-refractivity contribution in [3.05, 3.63) is 29.8 Å². The van der Waals surface area contributed by atoms with Gasteiger partial charge in [-0.3, -0.25) is 14.5 Å². The first kappa shape index (κ1) is 20.5. The predicted molar refractivity (Wildman–Crippen MR) is 101 cm³/mol. The molecule has 0 atom stereocenters. The van der Waals surface area contributed by atoms with Crippen molar-refractivity contribution in [3.63, 3.8) is 0 Å². The summed E-state index contributed by atoms with van der Waals surface area (Å²) in [5, 5.41) is 9.07. The smallest absolute Gasteiger partial charge is 0.306 e. The highest BCUT2D eigenvalue weighted by molar-refractivity contribution is 5.85. The molecule has 2 aliphatic rings. The summed E-state index contributed by atoms with van der Waals surface area (Å²) in [6, 6.07) is 8.19. The van der Waals surface area contributed by atoms with Gasteiger partial charge in [-0.05, 0) is 56.5 Å². The fourth-order valence-corrected chi connectivity index (χ4v) is 3.35. The van der Waals surface area contributed by atoms with Crippen LogP contribution in [0.1, 0.15) is 31.2 Å². The van der Waals surface area contributed by atoms with E-state index < -0.39 is 5.97 Å². The lowest BCUT2D eigenvalue weighted by atomic mass is 9.97. The van der Waals surface area contributed by atoms with E-state index >= 15 is 0 Å². The molecule has 1 amide bonds. The number of carbonyl (C=O) groups excluding carboxylic acids is 1. The maximum absolute atomic E-state index is 12.8. The number of benzene rings is 1. The van der Waals surface area contributed by atoms with E-state index in [-0.39, 0.29) is 24.2 Å². The monoisotopic (exact) mass is 382 g/mol. The Hall–Kier alpha value is -1.79. The van der Waals surface area contributed by atoms with Crippen molar-refractivity contribution < 1.29 is 19.4 Å². The first-order valence-electron chi connectivity index (χ1n) is 8.94. The molecule has 3 rings (SSSR count). The van der Waals surface area contributed by atoms with Crippen molar-refractivity contribution in [2.45, 2.75) is 38.3 Å². The lowest BCUT2D eigenvalue weighted by Gasteiger charge is -2.32. The van der Waals surface area contributed by atoms with Crippen molar-refractivity contribution in [2.24, 2.45) is 5.92 Å². The number of nitrogens with zero attached hydrogens (tertiary/aromatic N) is 2. The molecular formula is C19H27ClN2O4. The Morgan fingerprint density at radius 2 is 1.77 bits per heavy atom. The summed E-state index contributed by atoms with van der Waals surface area (Å²) in [5.74, 6) is -0.0169. The molecule has 0 unspecified atom stereocenters. The molecule has 0 spiro atoms. The molecule has 26 heavy (non-hydrogen) atoms. The molecule has 0 bridgehead atoms. The van der Waals surface area contributed by atoms with Crippen LogP contribution in [0.3, 0.4) is 0 Å². The minimum atomic E-state index is -0.718. The Morgan fingerprint density at radius 1 is 1.15 bits per heavy atom. The Labute approximate surface area is 160 Å². The SMILES string of the molecule is COc1ccc(CN(C(=O)CN2CCC(C(=O)O)CC2)C2CC2)cc1.Cl. The lowest BCUT2D eigenvalue weighted by molar-refractivity contribution is -0.143. The Kier molecular flexibility index (Phi) is 7.29. The van der Waals surface area contributed by atoms with Crippen LogP contribution < -0.4 is 4.74 Å². The number of hydrogen-bond donors (Lipinski definition) is 1. The third-order valence-corrected chi connectivity index (χ3v) is 5.12. The standard InChI is InChI=1S/C19H26N2O4.ClH/c1-25-17-6-2-14(3-7-17)12-21(16-4-5-16)18(22)13-20-10-8-15(9-11-20)19(23)24;/h2-3,6-7,15-16H,4-5,8-13H2,1H3,(H,23,24);1H. The predicted octanol–water partition coefficient (Wildman–Crippen LogP) is 2.40. The van der Waals surface area contributed by atoms with E-state index in [4.69, 9.17) is 9.84 Å². The summed E-state index contributed by atoms with van der Waals surface area (Å²) in [7, 11) is 1.64. The van der Waals surface area contributed by atoms with Crippen LogP contribution in [0.25, 0.3) is 0 Å². The molecule has 1 aromatic carbocycles. The van der Waals surface area contributed by atoms with E-state index in [1.807, 2.05) is 29.2 Å².